The summed E-state index contributed by atoms with van der Waals surface area (Å²) in [6.07, 6.45) is 12.2. The lowest BCUT2D eigenvalue weighted by atomic mass is 9.95. The number of aromatic nitrogens is 4. The van der Waals surface area contributed by atoms with Crippen molar-refractivity contribution in [3.63, 3.8) is 0 Å². The molecule has 1 aliphatic heterocycles. The Morgan fingerprint density at radius 3 is 2.57 bits per heavy atom. The number of aryl methyl sites for hydroxylation is 1. The molecular weight excluding hydrogens is 288 g/mol. The first-order valence-electron chi connectivity index (χ1n) is 8.51. The molecule has 1 aliphatic carbocycles. The van der Waals surface area contributed by atoms with Gasteiger partial charge in [-0.15, -0.1) is 0 Å². The molecule has 2 aromatic heterocycles. The van der Waals surface area contributed by atoms with Gasteiger partial charge < -0.3 is 10.2 Å². The van der Waals surface area contributed by atoms with Crippen LogP contribution in [0.5, 0.6) is 0 Å². The van der Waals surface area contributed by atoms with Gasteiger partial charge in [0.1, 0.15) is 12.1 Å². The molecule has 0 aromatic carbocycles. The van der Waals surface area contributed by atoms with Gasteiger partial charge in [0.05, 0.1) is 0 Å². The van der Waals surface area contributed by atoms with Crippen LogP contribution in [0.25, 0.3) is 0 Å². The Balaban J connectivity index is 1.42. The highest BCUT2D eigenvalue weighted by Crippen LogP contribution is 2.29. The first-order chi connectivity index (χ1) is 11.4. The number of hydrogen-bond acceptors (Lipinski definition) is 6. The summed E-state index contributed by atoms with van der Waals surface area (Å²) < 4.78 is 0. The second-order valence-corrected chi connectivity index (χ2v) is 6.31. The third kappa shape index (κ3) is 3.11. The molecule has 4 rings (SSSR count). The number of rotatable bonds is 3. The fraction of sp³-hybridized carbons (Fsp3) is 0.529. The molecule has 120 valence electrons. The second kappa shape index (κ2) is 6.48. The Bertz CT molecular complexity index is 651. The molecule has 6 heteroatoms. The van der Waals surface area contributed by atoms with Crippen LogP contribution in [0.1, 0.15) is 36.9 Å². The molecule has 0 unspecified atom stereocenters. The van der Waals surface area contributed by atoms with Gasteiger partial charge in [-0.3, -0.25) is 0 Å². The highest BCUT2D eigenvalue weighted by Gasteiger charge is 2.24. The largest absolute Gasteiger partial charge is 0.356 e. The van der Waals surface area contributed by atoms with E-state index in [2.05, 4.69) is 30.2 Å². The summed E-state index contributed by atoms with van der Waals surface area (Å²) in [5.41, 5.74) is 2.65. The van der Waals surface area contributed by atoms with Crippen LogP contribution in [0.15, 0.2) is 24.8 Å². The molecule has 0 bridgehead atoms. The van der Waals surface area contributed by atoms with Crippen molar-refractivity contribution in [3.8, 4) is 0 Å². The van der Waals surface area contributed by atoms with E-state index in [-0.39, 0.29) is 0 Å². The van der Waals surface area contributed by atoms with Gasteiger partial charge in [0, 0.05) is 42.8 Å². The van der Waals surface area contributed by atoms with Gasteiger partial charge in [-0.2, -0.15) is 0 Å². The zero-order valence-corrected chi connectivity index (χ0v) is 13.3. The first kappa shape index (κ1) is 14.4. The monoisotopic (exact) mass is 310 g/mol. The van der Waals surface area contributed by atoms with E-state index in [9.17, 15) is 0 Å². The van der Waals surface area contributed by atoms with Crippen LogP contribution in [0, 0.1) is 0 Å². The Morgan fingerprint density at radius 2 is 1.74 bits per heavy atom. The first-order valence-corrected chi connectivity index (χ1v) is 8.51. The molecule has 1 saturated heterocycles. The Labute approximate surface area is 136 Å². The van der Waals surface area contributed by atoms with Gasteiger partial charge in [0.25, 0.3) is 0 Å². The Hall–Kier alpha value is -2.24. The van der Waals surface area contributed by atoms with Crippen molar-refractivity contribution in [3.05, 3.63) is 36.0 Å². The summed E-state index contributed by atoms with van der Waals surface area (Å²) in [5.74, 6) is 1.90. The van der Waals surface area contributed by atoms with E-state index in [0.29, 0.717) is 6.04 Å². The Kier molecular flexibility index (Phi) is 4.05. The third-order valence-corrected chi connectivity index (χ3v) is 4.80. The zero-order valence-electron chi connectivity index (χ0n) is 13.3. The SMILES string of the molecule is c1cnc(NC2CCN(c3ncnc4c3CCCC4)CC2)nc1. The smallest absolute Gasteiger partial charge is 0.222 e. The molecule has 23 heavy (non-hydrogen) atoms. The van der Waals surface area contributed by atoms with E-state index in [1.54, 1.807) is 18.7 Å². The Morgan fingerprint density at radius 1 is 0.957 bits per heavy atom. The van der Waals surface area contributed by atoms with Crippen LogP contribution in [-0.2, 0) is 12.8 Å². The van der Waals surface area contributed by atoms with Crippen molar-refractivity contribution in [2.24, 2.45) is 0 Å². The third-order valence-electron chi connectivity index (χ3n) is 4.80. The summed E-state index contributed by atoms with van der Waals surface area (Å²) in [7, 11) is 0. The summed E-state index contributed by atoms with van der Waals surface area (Å²) in [6, 6.07) is 2.28. The van der Waals surface area contributed by atoms with Gasteiger partial charge >= 0.3 is 0 Å². The zero-order chi connectivity index (χ0) is 15.5. The van der Waals surface area contributed by atoms with E-state index in [1.807, 2.05) is 6.07 Å². The lowest BCUT2D eigenvalue weighted by Gasteiger charge is -2.35. The van der Waals surface area contributed by atoms with Crippen LogP contribution >= 0.6 is 0 Å². The number of anilines is 2. The van der Waals surface area contributed by atoms with E-state index in [4.69, 9.17) is 0 Å². The predicted octanol–water partition coefficient (Wildman–Crippen LogP) is 2.23. The maximum Gasteiger partial charge on any atom is 0.222 e. The molecule has 1 N–H and O–H groups in total. The number of piperidine rings is 1. The number of nitrogens with zero attached hydrogens (tertiary/aromatic N) is 5. The lowest BCUT2D eigenvalue weighted by Crippen LogP contribution is -2.40. The van der Waals surface area contributed by atoms with Crippen LogP contribution < -0.4 is 10.2 Å². The van der Waals surface area contributed by atoms with Gasteiger partial charge in [0.15, 0.2) is 0 Å². The molecule has 0 spiro atoms. The quantitative estimate of drug-likeness (QED) is 0.937. The minimum absolute atomic E-state index is 0.436. The average molecular weight is 310 g/mol. The molecule has 6 nitrogen and oxygen atoms in total. The fourth-order valence-corrected chi connectivity index (χ4v) is 3.57. The van der Waals surface area contributed by atoms with Crippen LogP contribution in [0.3, 0.4) is 0 Å². The van der Waals surface area contributed by atoms with Crippen molar-refractivity contribution >= 4 is 11.8 Å². The van der Waals surface area contributed by atoms with Crippen LogP contribution in [-0.4, -0.2) is 39.1 Å². The van der Waals surface area contributed by atoms with Crippen molar-refractivity contribution in [2.45, 2.75) is 44.6 Å². The van der Waals surface area contributed by atoms with E-state index < -0.39 is 0 Å². The van der Waals surface area contributed by atoms with Crippen molar-refractivity contribution in [1.29, 1.82) is 0 Å². The number of fused-ring (bicyclic) bond motifs is 1. The topological polar surface area (TPSA) is 66.8 Å². The molecule has 3 heterocycles. The molecular formula is C17H22N6. The highest BCUT2D eigenvalue weighted by atomic mass is 15.2. The number of hydrogen-bond donors (Lipinski definition) is 1. The maximum absolute atomic E-state index is 4.59. The molecule has 1 fully saturated rings. The van der Waals surface area contributed by atoms with E-state index >= 15 is 0 Å². The molecule has 0 radical (unpaired) electrons. The summed E-state index contributed by atoms with van der Waals surface area (Å²) in [6.45, 7) is 2.04. The summed E-state index contributed by atoms with van der Waals surface area (Å²) in [4.78, 5) is 20.0. The fourth-order valence-electron chi connectivity index (χ4n) is 3.57. The predicted molar refractivity (Wildman–Crippen MR) is 89.6 cm³/mol. The normalized spacial score (nSPS) is 18.5. The lowest BCUT2D eigenvalue weighted by molar-refractivity contribution is 0.517. The molecule has 2 aromatic rings. The van der Waals surface area contributed by atoms with Crippen molar-refractivity contribution in [2.75, 3.05) is 23.3 Å². The molecule has 0 atom stereocenters. The molecule has 0 saturated carbocycles. The minimum atomic E-state index is 0.436. The van der Waals surface area contributed by atoms with Gasteiger partial charge in [-0.25, -0.2) is 19.9 Å². The van der Waals surface area contributed by atoms with Crippen molar-refractivity contribution in [1.82, 2.24) is 19.9 Å². The van der Waals surface area contributed by atoms with Crippen molar-refractivity contribution < 1.29 is 0 Å². The summed E-state index contributed by atoms with van der Waals surface area (Å²) in [5, 5.41) is 3.43. The number of nitrogens with one attached hydrogen (secondary N) is 1. The molecule has 2 aliphatic rings. The second-order valence-electron chi connectivity index (χ2n) is 6.31. The standard InChI is InChI=1S/C17H22N6/c1-2-5-15-14(4-1)16(21-12-20-15)23-10-6-13(7-11-23)22-17-18-8-3-9-19-17/h3,8-9,12-13H,1-2,4-7,10-11H2,(H,18,19,22). The highest BCUT2D eigenvalue weighted by molar-refractivity contribution is 5.50. The average Bonchev–Trinajstić information content (AvgIpc) is 2.63. The van der Waals surface area contributed by atoms with Gasteiger partial charge in [0.2, 0.25) is 5.95 Å². The van der Waals surface area contributed by atoms with E-state index in [1.165, 1.54) is 29.9 Å². The van der Waals surface area contributed by atoms with E-state index in [0.717, 1.165) is 44.7 Å². The van der Waals surface area contributed by atoms with Crippen LogP contribution in [0.2, 0.25) is 0 Å². The van der Waals surface area contributed by atoms with Gasteiger partial charge in [-0.05, 0) is 44.6 Å². The van der Waals surface area contributed by atoms with Crippen LogP contribution in [0.4, 0.5) is 11.8 Å². The molecule has 0 amide bonds. The van der Waals surface area contributed by atoms with Gasteiger partial charge in [-0.1, -0.05) is 0 Å². The maximum atomic E-state index is 4.59. The summed E-state index contributed by atoms with van der Waals surface area (Å²) >= 11 is 0. The minimum Gasteiger partial charge on any atom is -0.356 e.